The largest absolute Gasteiger partial charge is 0.444 e. The molecule has 0 aromatic rings. The van der Waals surface area contributed by atoms with Crippen LogP contribution in [0.25, 0.3) is 0 Å². The molecular formula is C11H17F3N2O4. The summed E-state index contributed by atoms with van der Waals surface area (Å²) in [5.74, 6) is -1.27. The summed E-state index contributed by atoms with van der Waals surface area (Å²) in [5, 5.41) is 0. The van der Waals surface area contributed by atoms with Crippen molar-refractivity contribution in [2.45, 2.75) is 32.5 Å². The number of halogens is 3. The third-order valence-corrected chi connectivity index (χ3v) is 2.31. The van der Waals surface area contributed by atoms with Gasteiger partial charge in [0.25, 0.3) is 0 Å². The van der Waals surface area contributed by atoms with Crippen LogP contribution in [0.2, 0.25) is 0 Å². The highest BCUT2D eigenvalue weighted by Gasteiger charge is 2.38. The fraction of sp³-hybridized carbons (Fsp3) is 0.818. The molecule has 0 aliphatic carbocycles. The number of likely N-dealkylation sites (tertiary alicyclic amines) is 1. The van der Waals surface area contributed by atoms with Crippen LogP contribution in [0.1, 0.15) is 20.8 Å². The molecule has 1 saturated heterocycles. The van der Waals surface area contributed by atoms with Gasteiger partial charge in [-0.25, -0.2) is 10.3 Å². The second-order valence-electron chi connectivity index (χ2n) is 5.45. The molecular weight excluding hydrogens is 281 g/mol. The van der Waals surface area contributed by atoms with Crippen molar-refractivity contribution in [3.8, 4) is 0 Å². The van der Waals surface area contributed by atoms with Crippen LogP contribution in [-0.2, 0) is 14.4 Å². The van der Waals surface area contributed by atoms with Crippen LogP contribution in [0.4, 0.5) is 18.0 Å². The number of hydrogen-bond donors (Lipinski definition) is 1. The van der Waals surface area contributed by atoms with E-state index in [0.717, 1.165) is 0 Å². The van der Waals surface area contributed by atoms with Crippen molar-refractivity contribution in [3.05, 3.63) is 0 Å². The maximum absolute atomic E-state index is 11.8. The molecule has 0 saturated carbocycles. The van der Waals surface area contributed by atoms with E-state index in [0.29, 0.717) is 0 Å². The Morgan fingerprint density at radius 2 is 1.80 bits per heavy atom. The summed E-state index contributed by atoms with van der Waals surface area (Å²) >= 11 is 0. The van der Waals surface area contributed by atoms with E-state index in [1.165, 1.54) is 4.90 Å². The van der Waals surface area contributed by atoms with Gasteiger partial charge in [-0.1, -0.05) is 0 Å². The number of ether oxygens (including phenoxy) is 1. The molecule has 2 amide bonds. The third-order valence-electron chi connectivity index (χ3n) is 2.31. The summed E-state index contributed by atoms with van der Waals surface area (Å²) < 4.78 is 40.4. The van der Waals surface area contributed by atoms with Gasteiger partial charge in [-0.15, -0.1) is 0 Å². The molecule has 0 unspecified atom stereocenters. The summed E-state index contributed by atoms with van der Waals surface area (Å²) in [7, 11) is 0. The first-order chi connectivity index (χ1) is 8.98. The summed E-state index contributed by atoms with van der Waals surface area (Å²) in [6.07, 6.45) is -5.06. The summed E-state index contributed by atoms with van der Waals surface area (Å²) in [6, 6.07) is 0. The van der Waals surface area contributed by atoms with Gasteiger partial charge in [0.2, 0.25) is 5.91 Å². The molecule has 0 bridgehead atoms. The van der Waals surface area contributed by atoms with Gasteiger partial charge in [0.05, 0.1) is 5.92 Å². The zero-order valence-corrected chi connectivity index (χ0v) is 11.4. The van der Waals surface area contributed by atoms with E-state index in [2.05, 4.69) is 4.84 Å². The average molecular weight is 298 g/mol. The molecule has 1 rings (SSSR count). The summed E-state index contributed by atoms with van der Waals surface area (Å²) in [5.41, 5.74) is 1.07. The number of amides is 2. The Kier molecular flexibility index (Phi) is 4.85. The number of nitrogens with zero attached hydrogens (tertiary/aromatic N) is 1. The van der Waals surface area contributed by atoms with E-state index in [-0.39, 0.29) is 13.1 Å². The van der Waals surface area contributed by atoms with Crippen LogP contribution in [0.5, 0.6) is 0 Å². The van der Waals surface area contributed by atoms with Gasteiger partial charge in [0.15, 0.2) is 6.61 Å². The molecule has 1 aliphatic rings. The van der Waals surface area contributed by atoms with Gasteiger partial charge < -0.3 is 9.64 Å². The predicted octanol–water partition coefficient (Wildman–Crippen LogP) is 1.46. The van der Waals surface area contributed by atoms with Gasteiger partial charge in [-0.2, -0.15) is 13.2 Å². The van der Waals surface area contributed by atoms with Crippen molar-refractivity contribution >= 4 is 12.0 Å². The van der Waals surface area contributed by atoms with Crippen molar-refractivity contribution in [1.29, 1.82) is 0 Å². The lowest BCUT2D eigenvalue weighted by Gasteiger charge is -2.38. The van der Waals surface area contributed by atoms with Crippen LogP contribution in [0.3, 0.4) is 0 Å². The van der Waals surface area contributed by atoms with Crippen LogP contribution in [0.15, 0.2) is 0 Å². The Balaban J connectivity index is 2.24. The fourth-order valence-corrected chi connectivity index (χ4v) is 1.39. The Morgan fingerprint density at radius 1 is 1.25 bits per heavy atom. The second-order valence-corrected chi connectivity index (χ2v) is 5.45. The van der Waals surface area contributed by atoms with Crippen LogP contribution in [0, 0.1) is 5.92 Å². The quantitative estimate of drug-likeness (QED) is 0.801. The van der Waals surface area contributed by atoms with E-state index in [1.807, 2.05) is 0 Å². The first-order valence-corrected chi connectivity index (χ1v) is 5.94. The standard InChI is InChI=1S/C11H17F3N2O4/c1-10(2,3)20-9(18)16-4-7(5-16)8(17)15-19-6-11(12,13)14/h7H,4-6H2,1-3H3,(H,15,17). The van der Waals surface area contributed by atoms with Crippen molar-refractivity contribution in [2.75, 3.05) is 19.7 Å². The van der Waals surface area contributed by atoms with E-state index in [4.69, 9.17) is 4.74 Å². The minimum atomic E-state index is -4.50. The maximum atomic E-state index is 11.8. The van der Waals surface area contributed by atoms with E-state index in [1.54, 1.807) is 26.3 Å². The minimum Gasteiger partial charge on any atom is -0.444 e. The minimum absolute atomic E-state index is 0.0934. The first kappa shape index (κ1) is 16.5. The zero-order valence-electron chi connectivity index (χ0n) is 11.4. The third kappa shape index (κ3) is 5.64. The van der Waals surface area contributed by atoms with Crippen molar-refractivity contribution in [1.82, 2.24) is 10.4 Å². The molecule has 116 valence electrons. The van der Waals surface area contributed by atoms with Crippen LogP contribution >= 0.6 is 0 Å². The molecule has 1 heterocycles. The highest BCUT2D eigenvalue weighted by Crippen LogP contribution is 2.20. The molecule has 1 aliphatic heterocycles. The first-order valence-electron chi connectivity index (χ1n) is 5.94. The Labute approximate surface area is 114 Å². The molecule has 1 N–H and O–H groups in total. The Morgan fingerprint density at radius 3 is 2.25 bits per heavy atom. The molecule has 0 atom stereocenters. The topological polar surface area (TPSA) is 67.9 Å². The van der Waals surface area contributed by atoms with E-state index >= 15 is 0 Å². The SMILES string of the molecule is CC(C)(C)OC(=O)N1CC(C(=O)NOCC(F)(F)F)C1. The number of alkyl halides is 3. The van der Waals surface area contributed by atoms with Crippen LogP contribution in [-0.4, -0.2) is 48.4 Å². The lowest BCUT2D eigenvalue weighted by atomic mass is 10.0. The number of nitrogens with one attached hydrogen (secondary N) is 1. The van der Waals surface area contributed by atoms with E-state index < -0.39 is 36.3 Å². The molecule has 20 heavy (non-hydrogen) atoms. The highest BCUT2D eigenvalue weighted by molar-refractivity contribution is 5.81. The Hall–Kier alpha value is -1.51. The molecule has 6 nitrogen and oxygen atoms in total. The molecule has 0 spiro atoms. The predicted molar refractivity (Wildman–Crippen MR) is 61.4 cm³/mol. The molecule has 0 radical (unpaired) electrons. The van der Waals surface area contributed by atoms with Gasteiger partial charge in [-0.05, 0) is 20.8 Å². The van der Waals surface area contributed by atoms with Gasteiger partial charge in [0.1, 0.15) is 5.60 Å². The lowest BCUT2D eigenvalue weighted by molar-refractivity contribution is -0.193. The normalized spacial score (nSPS) is 16.6. The number of rotatable bonds is 3. The lowest BCUT2D eigenvalue weighted by Crippen LogP contribution is -2.56. The smallest absolute Gasteiger partial charge is 0.414 e. The van der Waals surface area contributed by atoms with Crippen molar-refractivity contribution in [3.63, 3.8) is 0 Å². The molecule has 0 aromatic carbocycles. The van der Waals surface area contributed by atoms with Gasteiger partial charge in [0, 0.05) is 13.1 Å². The fourth-order valence-electron chi connectivity index (χ4n) is 1.39. The van der Waals surface area contributed by atoms with Gasteiger partial charge >= 0.3 is 12.3 Å². The zero-order chi connectivity index (χ0) is 15.6. The second kappa shape index (κ2) is 5.86. The summed E-state index contributed by atoms with van der Waals surface area (Å²) in [4.78, 5) is 28.3. The number of carbonyl (C=O) groups excluding carboxylic acids is 2. The number of carbonyl (C=O) groups is 2. The highest BCUT2D eigenvalue weighted by atomic mass is 19.4. The van der Waals surface area contributed by atoms with Gasteiger partial charge in [-0.3, -0.25) is 9.63 Å². The molecule has 9 heteroatoms. The molecule has 0 aromatic heterocycles. The van der Waals surface area contributed by atoms with E-state index in [9.17, 15) is 22.8 Å². The van der Waals surface area contributed by atoms with Crippen LogP contribution < -0.4 is 5.48 Å². The van der Waals surface area contributed by atoms with Crippen molar-refractivity contribution in [2.24, 2.45) is 5.92 Å². The average Bonchev–Trinajstić information content (AvgIpc) is 2.09. The Bertz CT molecular complexity index is 373. The monoisotopic (exact) mass is 298 g/mol. The molecule has 1 fully saturated rings. The number of hydrogen-bond acceptors (Lipinski definition) is 4. The van der Waals surface area contributed by atoms with Crippen molar-refractivity contribution < 1.29 is 32.3 Å². The maximum Gasteiger partial charge on any atom is 0.414 e. The summed E-state index contributed by atoms with van der Waals surface area (Å²) in [6.45, 7) is 3.76. The number of hydroxylamine groups is 1.